The van der Waals surface area contributed by atoms with Gasteiger partial charge in [-0.15, -0.1) is 0 Å². The van der Waals surface area contributed by atoms with Crippen LogP contribution in [0.5, 0.6) is 5.75 Å². The molecule has 1 aromatic carbocycles. The molecule has 0 aliphatic heterocycles. The fourth-order valence-corrected chi connectivity index (χ4v) is 3.81. The van der Waals surface area contributed by atoms with Crippen molar-refractivity contribution in [3.05, 3.63) is 23.8 Å². The van der Waals surface area contributed by atoms with Crippen LogP contribution < -0.4 is 15.2 Å². The molecule has 2 rings (SSSR count). The third-order valence-corrected chi connectivity index (χ3v) is 6.02. The van der Waals surface area contributed by atoms with E-state index in [0.29, 0.717) is 11.8 Å². The van der Waals surface area contributed by atoms with Crippen molar-refractivity contribution in [3.63, 3.8) is 0 Å². The number of carbonyl (C=O) groups excluding carboxylic acids is 2. The highest BCUT2D eigenvalue weighted by molar-refractivity contribution is 7.89. The summed E-state index contributed by atoms with van der Waals surface area (Å²) in [7, 11) is -2.65. The molecule has 1 saturated carbocycles. The number of nitrogens with two attached hydrogens (primary N) is 1. The molecule has 3 unspecified atom stereocenters. The molecule has 150 valence electrons. The predicted molar refractivity (Wildman–Crippen MR) is 98.8 cm³/mol. The largest absolute Gasteiger partial charge is 0.496 e. The van der Waals surface area contributed by atoms with Crippen molar-refractivity contribution in [1.82, 2.24) is 5.32 Å². The first-order chi connectivity index (χ1) is 12.6. The molecular formula is C18H26N2O6S. The van der Waals surface area contributed by atoms with Gasteiger partial charge in [-0.05, 0) is 36.5 Å². The third-order valence-electron chi connectivity index (χ3n) is 5.11. The smallest absolute Gasteiger partial charge is 0.342 e. The monoisotopic (exact) mass is 398 g/mol. The SMILES string of the molecule is COc1ccc(S(N)(=O)=O)cc1C(=O)OCC(=O)NC1CCCC(C)C1C. The average Bonchev–Trinajstić information content (AvgIpc) is 2.62. The molecule has 1 amide bonds. The van der Waals surface area contributed by atoms with E-state index >= 15 is 0 Å². The Kier molecular flexibility index (Phi) is 6.83. The lowest BCUT2D eigenvalue weighted by molar-refractivity contribution is -0.125. The number of ether oxygens (including phenoxy) is 2. The van der Waals surface area contributed by atoms with Crippen molar-refractivity contribution in [2.24, 2.45) is 17.0 Å². The van der Waals surface area contributed by atoms with Crippen molar-refractivity contribution in [2.75, 3.05) is 13.7 Å². The summed E-state index contributed by atoms with van der Waals surface area (Å²) in [6.45, 7) is 3.80. The Morgan fingerprint density at radius 3 is 2.59 bits per heavy atom. The molecule has 9 heteroatoms. The molecule has 0 heterocycles. The van der Waals surface area contributed by atoms with Crippen LogP contribution in [0.2, 0.25) is 0 Å². The van der Waals surface area contributed by atoms with Crippen molar-refractivity contribution >= 4 is 21.9 Å². The lowest BCUT2D eigenvalue weighted by Crippen LogP contribution is -2.45. The predicted octanol–water partition coefficient (Wildman–Crippen LogP) is 1.44. The van der Waals surface area contributed by atoms with Crippen LogP contribution in [0.3, 0.4) is 0 Å². The Bertz CT molecular complexity index is 808. The second-order valence-electron chi connectivity index (χ2n) is 6.92. The number of nitrogens with one attached hydrogen (secondary N) is 1. The normalized spacial score (nSPS) is 22.7. The van der Waals surface area contributed by atoms with Crippen LogP contribution in [0, 0.1) is 11.8 Å². The van der Waals surface area contributed by atoms with Gasteiger partial charge in [0.1, 0.15) is 11.3 Å². The van der Waals surface area contributed by atoms with E-state index < -0.39 is 28.5 Å². The summed E-state index contributed by atoms with van der Waals surface area (Å²) < 4.78 is 33.0. The molecule has 1 aromatic rings. The maximum absolute atomic E-state index is 12.3. The molecule has 0 aromatic heterocycles. The van der Waals surface area contributed by atoms with Gasteiger partial charge >= 0.3 is 5.97 Å². The van der Waals surface area contributed by atoms with Gasteiger partial charge in [-0.3, -0.25) is 4.79 Å². The molecule has 8 nitrogen and oxygen atoms in total. The molecule has 1 fully saturated rings. The van der Waals surface area contributed by atoms with Crippen LogP contribution in [0.1, 0.15) is 43.5 Å². The topological polar surface area (TPSA) is 125 Å². The van der Waals surface area contributed by atoms with Gasteiger partial charge in [0, 0.05) is 6.04 Å². The zero-order valence-electron chi connectivity index (χ0n) is 15.7. The number of amides is 1. The summed E-state index contributed by atoms with van der Waals surface area (Å²) in [5.41, 5.74) is -0.114. The quantitative estimate of drug-likeness (QED) is 0.699. The lowest BCUT2D eigenvalue weighted by Gasteiger charge is -2.34. The molecule has 0 radical (unpaired) electrons. The molecule has 3 atom stereocenters. The van der Waals surface area contributed by atoms with Gasteiger partial charge in [0.25, 0.3) is 5.91 Å². The molecule has 1 aliphatic rings. The first-order valence-electron chi connectivity index (χ1n) is 8.80. The number of benzene rings is 1. The summed E-state index contributed by atoms with van der Waals surface area (Å²) in [6, 6.07) is 3.66. The minimum Gasteiger partial charge on any atom is -0.496 e. The average molecular weight is 398 g/mol. The van der Waals surface area contributed by atoms with Gasteiger partial charge in [0.2, 0.25) is 10.0 Å². The van der Waals surface area contributed by atoms with E-state index in [2.05, 4.69) is 19.2 Å². The Morgan fingerprint density at radius 2 is 1.96 bits per heavy atom. The van der Waals surface area contributed by atoms with E-state index in [9.17, 15) is 18.0 Å². The van der Waals surface area contributed by atoms with E-state index in [0.717, 1.165) is 25.3 Å². The summed E-state index contributed by atoms with van der Waals surface area (Å²) >= 11 is 0. The fourth-order valence-electron chi connectivity index (χ4n) is 3.27. The van der Waals surface area contributed by atoms with E-state index in [4.69, 9.17) is 14.6 Å². The van der Waals surface area contributed by atoms with Gasteiger partial charge in [-0.1, -0.05) is 26.7 Å². The molecular weight excluding hydrogens is 372 g/mol. The second kappa shape index (κ2) is 8.71. The molecule has 27 heavy (non-hydrogen) atoms. The highest BCUT2D eigenvalue weighted by Crippen LogP contribution is 2.29. The molecule has 0 spiro atoms. The van der Waals surface area contributed by atoms with Crippen LogP contribution in [-0.4, -0.2) is 40.1 Å². The van der Waals surface area contributed by atoms with Gasteiger partial charge in [0.05, 0.1) is 12.0 Å². The summed E-state index contributed by atoms with van der Waals surface area (Å²) in [5, 5.41) is 7.99. The van der Waals surface area contributed by atoms with Gasteiger partial charge in [0.15, 0.2) is 6.61 Å². The zero-order chi connectivity index (χ0) is 20.2. The zero-order valence-corrected chi connectivity index (χ0v) is 16.5. The van der Waals surface area contributed by atoms with Crippen molar-refractivity contribution in [1.29, 1.82) is 0 Å². The number of esters is 1. The maximum atomic E-state index is 12.3. The molecule has 3 N–H and O–H groups in total. The van der Waals surface area contributed by atoms with E-state index in [1.807, 2.05) is 0 Å². The Balaban J connectivity index is 2.01. The van der Waals surface area contributed by atoms with Crippen LogP contribution in [0.25, 0.3) is 0 Å². The highest BCUT2D eigenvalue weighted by atomic mass is 32.2. The Morgan fingerprint density at radius 1 is 1.26 bits per heavy atom. The van der Waals surface area contributed by atoms with Gasteiger partial charge < -0.3 is 14.8 Å². The molecule has 0 saturated heterocycles. The van der Waals surface area contributed by atoms with Crippen LogP contribution in [0.15, 0.2) is 23.1 Å². The first kappa shape index (κ1) is 21.2. The minimum absolute atomic E-state index is 0.0557. The van der Waals surface area contributed by atoms with Crippen LogP contribution in [0.4, 0.5) is 0 Å². The Hall–Kier alpha value is -2.13. The number of hydrogen-bond donors (Lipinski definition) is 2. The minimum atomic E-state index is -3.99. The third kappa shape index (κ3) is 5.43. The Labute approximate surface area is 159 Å². The number of rotatable bonds is 6. The summed E-state index contributed by atoms with van der Waals surface area (Å²) in [5.74, 6) is -0.252. The second-order valence-corrected chi connectivity index (χ2v) is 8.49. The highest BCUT2D eigenvalue weighted by Gasteiger charge is 2.28. The van der Waals surface area contributed by atoms with E-state index in [-0.39, 0.29) is 22.3 Å². The van der Waals surface area contributed by atoms with Gasteiger partial charge in [-0.2, -0.15) is 0 Å². The van der Waals surface area contributed by atoms with Gasteiger partial charge in [-0.25, -0.2) is 18.4 Å². The van der Waals surface area contributed by atoms with Crippen molar-refractivity contribution in [3.8, 4) is 5.75 Å². The molecule has 1 aliphatic carbocycles. The first-order valence-corrected chi connectivity index (χ1v) is 10.4. The lowest BCUT2D eigenvalue weighted by atomic mass is 9.78. The number of sulfonamides is 1. The number of hydrogen-bond acceptors (Lipinski definition) is 6. The number of carbonyl (C=O) groups is 2. The molecule has 0 bridgehead atoms. The summed E-state index contributed by atoms with van der Waals surface area (Å²) in [6.07, 6.45) is 3.09. The summed E-state index contributed by atoms with van der Waals surface area (Å²) in [4.78, 5) is 24.2. The maximum Gasteiger partial charge on any atom is 0.342 e. The van der Waals surface area contributed by atoms with Crippen LogP contribution >= 0.6 is 0 Å². The van der Waals surface area contributed by atoms with E-state index in [1.54, 1.807) is 0 Å². The fraction of sp³-hybridized carbons (Fsp3) is 0.556. The number of primary sulfonamides is 1. The van der Waals surface area contributed by atoms with Crippen LogP contribution in [-0.2, 0) is 19.6 Å². The van der Waals surface area contributed by atoms with E-state index in [1.165, 1.54) is 19.2 Å². The standard InChI is InChI=1S/C18H26N2O6S/c1-11-5-4-6-15(12(11)2)20-17(21)10-26-18(22)14-9-13(27(19,23)24)7-8-16(14)25-3/h7-9,11-12,15H,4-6,10H2,1-3H3,(H,20,21)(H2,19,23,24). The van der Waals surface area contributed by atoms with Crippen molar-refractivity contribution in [2.45, 2.75) is 44.0 Å². The van der Waals surface area contributed by atoms with Crippen molar-refractivity contribution < 1.29 is 27.5 Å². The number of methoxy groups -OCH3 is 1.